The Hall–Kier alpha value is -1.07. The summed E-state index contributed by atoms with van der Waals surface area (Å²) < 4.78 is 5.92. The summed E-state index contributed by atoms with van der Waals surface area (Å²) >= 11 is 3.37. The molecule has 0 aromatic heterocycles. The van der Waals surface area contributed by atoms with Gasteiger partial charge in [0.1, 0.15) is 11.8 Å². The van der Waals surface area contributed by atoms with Gasteiger partial charge in [-0.1, -0.05) is 13.0 Å². The highest BCUT2D eigenvalue weighted by atomic mass is 79.9. The van der Waals surface area contributed by atoms with Crippen molar-refractivity contribution in [1.29, 1.82) is 0 Å². The number of amides is 1. The van der Waals surface area contributed by atoms with Crippen LogP contribution in [-0.2, 0) is 4.79 Å². The molecule has 5 heteroatoms. The Morgan fingerprint density at radius 3 is 2.75 bits per heavy atom. The van der Waals surface area contributed by atoms with E-state index in [1.807, 2.05) is 19.1 Å². The van der Waals surface area contributed by atoms with Gasteiger partial charge >= 0.3 is 0 Å². The van der Waals surface area contributed by atoms with Crippen molar-refractivity contribution in [2.45, 2.75) is 13.0 Å². The second-order valence-electron chi connectivity index (χ2n) is 3.29. The molecule has 0 radical (unpaired) electrons. The first-order chi connectivity index (χ1) is 7.60. The lowest BCUT2D eigenvalue weighted by atomic mass is 10.1. The number of hydrogen-bond donors (Lipinski definition) is 2. The van der Waals surface area contributed by atoms with Gasteiger partial charge in [0.25, 0.3) is 0 Å². The molecule has 0 spiro atoms. The molecule has 3 N–H and O–H groups in total. The number of carbonyl (C=O) groups is 1. The van der Waals surface area contributed by atoms with Gasteiger partial charge in [-0.2, -0.15) is 0 Å². The summed E-state index contributed by atoms with van der Waals surface area (Å²) in [6, 6.07) is 4.98. The molecule has 1 unspecified atom stereocenters. The zero-order valence-corrected chi connectivity index (χ0v) is 10.9. The molecule has 0 heterocycles. The van der Waals surface area contributed by atoms with Crippen LogP contribution in [0.25, 0.3) is 0 Å². The number of carbonyl (C=O) groups excluding carboxylic acids is 1. The molecule has 1 rings (SSSR count). The number of nitrogens with one attached hydrogen (secondary N) is 1. The highest BCUT2D eigenvalue weighted by Gasteiger charge is 2.17. The number of rotatable bonds is 5. The third-order valence-electron chi connectivity index (χ3n) is 2.20. The molecule has 0 aliphatic rings. The number of halogens is 1. The number of likely N-dealkylation sites (N-methyl/N-ethyl adjacent to an activating group) is 1. The Morgan fingerprint density at radius 1 is 1.62 bits per heavy atom. The lowest BCUT2D eigenvalue weighted by molar-refractivity contribution is -0.120. The van der Waals surface area contributed by atoms with Crippen molar-refractivity contribution < 1.29 is 9.53 Å². The first kappa shape index (κ1) is 13.0. The molecule has 0 saturated heterocycles. The summed E-state index contributed by atoms with van der Waals surface area (Å²) in [5, 5.41) is 3.03. The minimum atomic E-state index is -0.466. The molecule has 0 fully saturated rings. The lowest BCUT2D eigenvalue weighted by Gasteiger charge is -2.15. The van der Waals surface area contributed by atoms with Gasteiger partial charge in [-0.3, -0.25) is 4.79 Å². The molecule has 1 aromatic rings. The molecule has 1 aromatic carbocycles. The zero-order chi connectivity index (χ0) is 12.1. The monoisotopic (exact) mass is 286 g/mol. The molecule has 0 aliphatic carbocycles. The third kappa shape index (κ3) is 2.96. The fraction of sp³-hybridized carbons (Fsp3) is 0.364. The molecule has 0 saturated carbocycles. The van der Waals surface area contributed by atoms with E-state index < -0.39 is 6.04 Å². The highest BCUT2D eigenvalue weighted by Crippen LogP contribution is 2.27. The van der Waals surface area contributed by atoms with Gasteiger partial charge in [0.2, 0.25) is 5.91 Å². The fourth-order valence-corrected chi connectivity index (χ4v) is 2.01. The van der Waals surface area contributed by atoms with Crippen LogP contribution in [0, 0.1) is 0 Å². The van der Waals surface area contributed by atoms with Crippen LogP contribution in [0.1, 0.15) is 18.5 Å². The summed E-state index contributed by atoms with van der Waals surface area (Å²) in [6.07, 6.45) is 0. The summed E-state index contributed by atoms with van der Waals surface area (Å²) in [6.45, 7) is 2.60. The van der Waals surface area contributed by atoms with E-state index in [2.05, 4.69) is 21.2 Å². The van der Waals surface area contributed by atoms with Crippen molar-refractivity contribution >= 4 is 21.8 Å². The van der Waals surface area contributed by atoms with Crippen LogP contribution in [0.2, 0.25) is 0 Å². The second kappa shape index (κ2) is 5.86. The van der Waals surface area contributed by atoms with Gasteiger partial charge in [0.05, 0.1) is 11.6 Å². The van der Waals surface area contributed by atoms with Crippen LogP contribution < -0.4 is 15.8 Å². The first-order valence-corrected chi connectivity index (χ1v) is 5.75. The molecular formula is C11H15BrN2O2. The molecule has 1 amide bonds. The van der Waals surface area contributed by atoms with Gasteiger partial charge in [-0.05, 0) is 40.2 Å². The van der Waals surface area contributed by atoms with Crippen molar-refractivity contribution in [2.75, 3.05) is 13.7 Å². The van der Waals surface area contributed by atoms with E-state index in [0.717, 1.165) is 15.8 Å². The van der Waals surface area contributed by atoms with E-state index in [4.69, 9.17) is 10.5 Å². The van der Waals surface area contributed by atoms with Crippen molar-refractivity contribution in [3.63, 3.8) is 0 Å². The topological polar surface area (TPSA) is 64.3 Å². The number of hydrogen-bond acceptors (Lipinski definition) is 3. The maximum atomic E-state index is 11.3. The van der Waals surface area contributed by atoms with Gasteiger partial charge in [-0.15, -0.1) is 0 Å². The van der Waals surface area contributed by atoms with Crippen LogP contribution in [0.4, 0.5) is 0 Å². The van der Waals surface area contributed by atoms with Crippen molar-refractivity contribution in [3.8, 4) is 5.75 Å². The van der Waals surface area contributed by atoms with Gasteiger partial charge < -0.3 is 15.8 Å². The van der Waals surface area contributed by atoms with E-state index >= 15 is 0 Å². The average molecular weight is 287 g/mol. The second-order valence-corrected chi connectivity index (χ2v) is 4.14. The first-order valence-electron chi connectivity index (χ1n) is 4.96. The normalized spacial score (nSPS) is 12.2. The minimum absolute atomic E-state index is 0.390. The molecule has 0 aliphatic heterocycles. The molecule has 4 nitrogen and oxygen atoms in total. The van der Waals surface area contributed by atoms with E-state index in [0.29, 0.717) is 6.54 Å². The molecular weight excluding hydrogens is 272 g/mol. The Labute approximate surface area is 103 Å². The summed E-state index contributed by atoms with van der Waals surface area (Å²) in [5.41, 5.74) is 6.15. The van der Waals surface area contributed by atoms with Crippen molar-refractivity contribution in [3.05, 3.63) is 28.2 Å². The third-order valence-corrected chi connectivity index (χ3v) is 2.82. The highest BCUT2D eigenvalue weighted by molar-refractivity contribution is 9.10. The molecule has 16 heavy (non-hydrogen) atoms. The van der Waals surface area contributed by atoms with E-state index in [9.17, 15) is 4.79 Å². The summed E-state index contributed by atoms with van der Waals surface area (Å²) in [4.78, 5) is 11.3. The fourth-order valence-electron chi connectivity index (χ4n) is 1.45. The van der Waals surface area contributed by atoms with Crippen LogP contribution in [0.15, 0.2) is 22.7 Å². The summed E-state index contributed by atoms with van der Waals surface area (Å²) in [7, 11) is 1.59. The van der Waals surface area contributed by atoms with Gasteiger partial charge in [0.15, 0.2) is 0 Å². The number of methoxy groups -OCH3 is 1. The van der Waals surface area contributed by atoms with E-state index in [1.165, 1.54) is 0 Å². The standard InChI is InChI=1S/C11H15BrN2O2/c1-3-14-10(11(13)15)7-4-5-9(16-2)8(12)6-7/h4-6,10,14H,3H2,1-2H3,(H2,13,15). The number of primary amides is 1. The predicted molar refractivity (Wildman–Crippen MR) is 66.3 cm³/mol. The molecule has 0 bridgehead atoms. The Kier molecular flexibility index (Phi) is 4.76. The Bertz CT molecular complexity index is 382. The van der Waals surface area contributed by atoms with E-state index in [-0.39, 0.29) is 5.91 Å². The van der Waals surface area contributed by atoms with Crippen LogP contribution in [-0.4, -0.2) is 19.6 Å². The van der Waals surface area contributed by atoms with Crippen molar-refractivity contribution in [2.24, 2.45) is 5.73 Å². The predicted octanol–water partition coefficient (Wildman–Crippen LogP) is 1.59. The maximum absolute atomic E-state index is 11.3. The lowest BCUT2D eigenvalue weighted by Crippen LogP contribution is -2.33. The largest absolute Gasteiger partial charge is 0.496 e. The van der Waals surface area contributed by atoms with Crippen molar-refractivity contribution in [1.82, 2.24) is 5.32 Å². The van der Waals surface area contributed by atoms with Crippen LogP contribution >= 0.6 is 15.9 Å². The van der Waals surface area contributed by atoms with Gasteiger partial charge in [0, 0.05) is 0 Å². The SMILES string of the molecule is CCNC(C(N)=O)c1ccc(OC)c(Br)c1. The Balaban J connectivity index is 3.01. The average Bonchev–Trinajstić information content (AvgIpc) is 2.25. The van der Waals surface area contributed by atoms with Crippen LogP contribution in [0.5, 0.6) is 5.75 Å². The Morgan fingerprint density at radius 2 is 2.31 bits per heavy atom. The number of benzene rings is 1. The van der Waals surface area contributed by atoms with E-state index in [1.54, 1.807) is 13.2 Å². The molecule has 1 atom stereocenters. The number of nitrogens with two attached hydrogens (primary N) is 1. The quantitative estimate of drug-likeness (QED) is 0.864. The summed E-state index contributed by atoms with van der Waals surface area (Å²) in [5.74, 6) is 0.336. The smallest absolute Gasteiger partial charge is 0.239 e. The zero-order valence-electron chi connectivity index (χ0n) is 9.29. The minimum Gasteiger partial charge on any atom is -0.496 e. The maximum Gasteiger partial charge on any atom is 0.239 e. The number of ether oxygens (including phenoxy) is 1. The van der Waals surface area contributed by atoms with Crippen LogP contribution in [0.3, 0.4) is 0 Å². The molecule has 88 valence electrons. The van der Waals surface area contributed by atoms with Gasteiger partial charge in [-0.25, -0.2) is 0 Å².